The van der Waals surface area contributed by atoms with Crippen LogP contribution in [0.25, 0.3) is 0 Å². The van der Waals surface area contributed by atoms with E-state index in [0.29, 0.717) is 30.2 Å². The SMILES string of the molecule is CCOc1ccc(N)cc1C(N)=O.CCOc1ccc([N+](=O)[O-])cc1C(N)=O. The Morgan fingerprint density at radius 1 is 0.929 bits per heavy atom. The summed E-state index contributed by atoms with van der Waals surface area (Å²) in [7, 11) is 0. The maximum atomic E-state index is 11.0. The van der Waals surface area contributed by atoms with Crippen molar-refractivity contribution >= 4 is 23.2 Å². The standard InChI is InChI=1S/C9H10N2O4.C9H12N2O2/c1-2-15-8-4-3-6(11(13)14)5-7(8)9(10)12;1-2-13-8-4-3-6(10)5-7(8)9(11)12/h3-5H,2H2,1H3,(H2,10,12);3-5H,2,10H2,1H3,(H2,11,12). The van der Waals surface area contributed by atoms with Gasteiger partial charge in [-0.05, 0) is 38.1 Å². The summed E-state index contributed by atoms with van der Waals surface area (Å²) in [5, 5.41) is 10.5. The van der Waals surface area contributed by atoms with Gasteiger partial charge in [-0.2, -0.15) is 0 Å². The van der Waals surface area contributed by atoms with Crippen molar-refractivity contribution < 1.29 is 24.0 Å². The van der Waals surface area contributed by atoms with Crippen LogP contribution in [0.15, 0.2) is 36.4 Å². The van der Waals surface area contributed by atoms with Crippen molar-refractivity contribution in [1.29, 1.82) is 0 Å². The molecule has 2 aromatic carbocycles. The molecule has 0 atom stereocenters. The number of ether oxygens (including phenoxy) is 2. The van der Waals surface area contributed by atoms with Gasteiger partial charge in [0.15, 0.2) is 0 Å². The van der Waals surface area contributed by atoms with Crippen LogP contribution in [-0.4, -0.2) is 30.0 Å². The summed E-state index contributed by atoms with van der Waals surface area (Å²) in [6.07, 6.45) is 0. The monoisotopic (exact) mass is 390 g/mol. The minimum absolute atomic E-state index is 0.0195. The van der Waals surface area contributed by atoms with Crippen LogP contribution in [-0.2, 0) is 0 Å². The Labute approximate surface area is 161 Å². The third-order valence-corrected chi connectivity index (χ3v) is 3.31. The molecular formula is C18H22N4O6. The third kappa shape index (κ3) is 6.16. The first-order valence-electron chi connectivity index (χ1n) is 8.24. The topological polar surface area (TPSA) is 174 Å². The number of nitrogens with two attached hydrogens (primary N) is 3. The van der Waals surface area contributed by atoms with Gasteiger partial charge in [-0.15, -0.1) is 0 Å². The lowest BCUT2D eigenvalue weighted by Crippen LogP contribution is -2.13. The van der Waals surface area contributed by atoms with Crippen LogP contribution in [0.3, 0.4) is 0 Å². The van der Waals surface area contributed by atoms with E-state index in [9.17, 15) is 19.7 Å². The molecular weight excluding hydrogens is 368 g/mol. The van der Waals surface area contributed by atoms with E-state index in [2.05, 4.69) is 0 Å². The maximum absolute atomic E-state index is 11.0. The van der Waals surface area contributed by atoms with Gasteiger partial charge in [0, 0.05) is 17.8 Å². The molecule has 0 saturated carbocycles. The van der Waals surface area contributed by atoms with E-state index >= 15 is 0 Å². The molecule has 10 heteroatoms. The van der Waals surface area contributed by atoms with Gasteiger partial charge in [-0.3, -0.25) is 19.7 Å². The largest absolute Gasteiger partial charge is 0.493 e. The quantitative estimate of drug-likeness (QED) is 0.367. The molecule has 0 aromatic heterocycles. The van der Waals surface area contributed by atoms with Crippen LogP contribution in [0.4, 0.5) is 11.4 Å². The lowest BCUT2D eigenvalue weighted by atomic mass is 10.1. The van der Waals surface area contributed by atoms with Crippen molar-refractivity contribution in [2.45, 2.75) is 13.8 Å². The summed E-state index contributed by atoms with van der Waals surface area (Å²) in [6, 6.07) is 8.54. The van der Waals surface area contributed by atoms with Gasteiger partial charge < -0.3 is 26.7 Å². The molecule has 0 aliphatic carbocycles. The molecule has 150 valence electrons. The highest BCUT2D eigenvalue weighted by molar-refractivity contribution is 5.97. The molecule has 0 fully saturated rings. The Kier molecular flexibility index (Phi) is 8.22. The van der Waals surface area contributed by atoms with E-state index < -0.39 is 16.7 Å². The van der Waals surface area contributed by atoms with Crippen molar-refractivity contribution in [1.82, 2.24) is 0 Å². The first-order valence-corrected chi connectivity index (χ1v) is 8.24. The number of carbonyl (C=O) groups is 2. The Morgan fingerprint density at radius 2 is 1.39 bits per heavy atom. The van der Waals surface area contributed by atoms with Gasteiger partial charge in [0.2, 0.25) is 0 Å². The van der Waals surface area contributed by atoms with E-state index in [0.717, 1.165) is 6.07 Å². The number of nitrogens with zero attached hydrogens (tertiary/aromatic N) is 1. The Morgan fingerprint density at radius 3 is 1.82 bits per heavy atom. The number of rotatable bonds is 7. The molecule has 0 radical (unpaired) electrons. The van der Waals surface area contributed by atoms with Gasteiger partial charge in [0.25, 0.3) is 17.5 Å². The first kappa shape index (κ1) is 22.2. The molecule has 28 heavy (non-hydrogen) atoms. The van der Waals surface area contributed by atoms with Gasteiger partial charge in [0.05, 0.1) is 29.3 Å². The van der Waals surface area contributed by atoms with Crippen molar-refractivity contribution in [2.24, 2.45) is 11.5 Å². The number of nitro benzene ring substituents is 1. The number of nitro groups is 1. The summed E-state index contributed by atoms with van der Waals surface area (Å²) in [5.41, 5.74) is 16.4. The number of anilines is 1. The highest BCUT2D eigenvalue weighted by Gasteiger charge is 2.15. The predicted octanol–water partition coefficient (Wildman–Crippen LogP) is 1.86. The molecule has 2 aromatic rings. The predicted molar refractivity (Wildman–Crippen MR) is 103 cm³/mol. The fourth-order valence-electron chi connectivity index (χ4n) is 2.13. The van der Waals surface area contributed by atoms with Crippen LogP contribution in [0, 0.1) is 10.1 Å². The van der Waals surface area contributed by atoms with Crippen molar-refractivity contribution in [2.75, 3.05) is 18.9 Å². The zero-order valence-corrected chi connectivity index (χ0v) is 15.5. The molecule has 2 rings (SSSR count). The zero-order valence-electron chi connectivity index (χ0n) is 15.5. The molecule has 0 heterocycles. The fraction of sp³-hybridized carbons (Fsp3) is 0.222. The summed E-state index contributed by atoms with van der Waals surface area (Å²) < 4.78 is 10.3. The number of carbonyl (C=O) groups excluding carboxylic acids is 2. The molecule has 2 amide bonds. The summed E-state index contributed by atoms with van der Waals surface area (Å²) >= 11 is 0. The number of hydrogen-bond acceptors (Lipinski definition) is 7. The van der Waals surface area contributed by atoms with Crippen LogP contribution in [0.1, 0.15) is 34.6 Å². The molecule has 0 bridgehead atoms. The lowest BCUT2D eigenvalue weighted by Gasteiger charge is -2.07. The molecule has 6 N–H and O–H groups in total. The van der Waals surface area contributed by atoms with Gasteiger partial charge in [-0.1, -0.05) is 0 Å². The normalized spacial score (nSPS) is 9.64. The molecule has 10 nitrogen and oxygen atoms in total. The highest BCUT2D eigenvalue weighted by Crippen LogP contribution is 2.23. The van der Waals surface area contributed by atoms with Crippen LogP contribution in [0.2, 0.25) is 0 Å². The maximum Gasteiger partial charge on any atom is 0.270 e. The molecule has 0 aliphatic rings. The van der Waals surface area contributed by atoms with Crippen molar-refractivity contribution in [3.05, 3.63) is 57.6 Å². The van der Waals surface area contributed by atoms with Gasteiger partial charge in [0.1, 0.15) is 11.5 Å². The van der Waals surface area contributed by atoms with E-state index in [1.54, 1.807) is 19.1 Å². The lowest BCUT2D eigenvalue weighted by molar-refractivity contribution is -0.384. The van der Waals surface area contributed by atoms with E-state index in [1.165, 1.54) is 18.2 Å². The number of primary amides is 2. The number of benzene rings is 2. The number of non-ortho nitro benzene ring substituents is 1. The Balaban J connectivity index is 0.000000283. The summed E-state index contributed by atoms with van der Waals surface area (Å²) in [6.45, 7) is 4.43. The Bertz CT molecular complexity index is 869. The van der Waals surface area contributed by atoms with E-state index in [4.69, 9.17) is 26.7 Å². The van der Waals surface area contributed by atoms with Crippen molar-refractivity contribution in [3.63, 3.8) is 0 Å². The second-order valence-electron chi connectivity index (χ2n) is 5.29. The second kappa shape index (κ2) is 10.4. The number of amides is 2. The number of hydrogen-bond donors (Lipinski definition) is 3. The molecule has 0 spiro atoms. The van der Waals surface area contributed by atoms with Gasteiger partial charge in [-0.25, -0.2) is 0 Å². The third-order valence-electron chi connectivity index (χ3n) is 3.31. The smallest absolute Gasteiger partial charge is 0.270 e. The highest BCUT2D eigenvalue weighted by atomic mass is 16.6. The fourth-order valence-corrected chi connectivity index (χ4v) is 2.13. The summed E-state index contributed by atoms with van der Waals surface area (Å²) in [5.74, 6) is -0.544. The minimum atomic E-state index is -0.748. The van der Waals surface area contributed by atoms with Crippen LogP contribution < -0.4 is 26.7 Å². The zero-order chi connectivity index (χ0) is 21.3. The van der Waals surface area contributed by atoms with Crippen LogP contribution >= 0.6 is 0 Å². The summed E-state index contributed by atoms with van der Waals surface area (Å²) in [4.78, 5) is 31.8. The second-order valence-corrected chi connectivity index (χ2v) is 5.29. The Hall–Kier alpha value is -3.82. The molecule has 0 aliphatic heterocycles. The average Bonchev–Trinajstić information content (AvgIpc) is 2.64. The first-order chi connectivity index (χ1) is 13.2. The average molecular weight is 390 g/mol. The minimum Gasteiger partial charge on any atom is -0.493 e. The van der Waals surface area contributed by atoms with Crippen LogP contribution in [0.5, 0.6) is 11.5 Å². The van der Waals surface area contributed by atoms with Crippen molar-refractivity contribution in [3.8, 4) is 11.5 Å². The number of nitrogen functional groups attached to an aromatic ring is 1. The molecule has 0 unspecified atom stereocenters. The van der Waals surface area contributed by atoms with Gasteiger partial charge >= 0.3 is 0 Å². The molecule has 0 saturated heterocycles. The van der Waals surface area contributed by atoms with E-state index in [-0.39, 0.29) is 17.0 Å². The van der Waals surface area contributed by atoms with E-state index in [1.807, 2.05) is 6.92 Å².